The fourth-order valence-corrected chi connectivity index (χ4v) is 3.58. The average Bonchev–Trinajstić information content (AvgIpc) is 3.25. The van der Waals surface area contributed by atoms with Crippen LogP contribution in [0.25, 0.3) is 43.5 Å². The Balaban J connectivity index is 0.000000135. The van der Waals surface area contributed by atoms with Gasteiger partial charge >= 0.3 is 5.63 Å². The molecule has 0 aliphatic heterocycles. The molecule has 0 saturated carbocycles. The second-order valence-electron chi connectivity index (χ2n) is 6.51. The highest BCUT2D eigenvalue weighted by Gasteiger charge is 2.08. The van der Waals surface area contributed by atoms with Crippen LogP contribution in [-0.2, 0) is 0 Å². The van der Waals surface area contributed by atoms with Crippen molar-refractivity contribution in [2.75, 3.05) is 0 Å². The van der Waals surface area contributed by atoms with Gasteiger partial charge in [-0.2, -0.15) is 0 Å². The molecule has 6 rings (SSSR count). The number of H-pyrrole nitrogens is 1. The highest BCUT2D eigenvalue weighted by atomic mass is 16.4. The molecule has 0 saturated heterocycles. The number of hydrogen-bond donors (Lipinski definition) is 1. The lowest BCUT2D eigenvalue weighted by molar-refractivity contribution is 0.561. The van der Waals surface area contributed by atoms with Crippen molar-refractivity contribution in [3.8, 4) is 0 Å². The van der Waals surface area contributed by atoms with Crippen molar-refractivity contribution in [2.24, 2.45) is 0 Å². The van der Waals surface area contributed by atoms with Crippen molar-refractivity contribution >= 4 is 43.5 Å². The maximum Gasteiger partial charge on any atom is 0.336 e. The van der Waals surface area contributed by atoms with Gasteiger partial charge in [0, 0.05) is 22.2 Å². The Morgan fingerprint density at radius 2 is 1.32 bits per heavy atom. The summed E-state index contributed by atoms with van der Waals surface area (Å²) >= 11 is 0. The third-order valence-electron chi connectivity index (χ3n) is 4.84. The van der Waals surface area contributed by atoms with Crippen LogP contribution in [0.4, 0.5) is 0 Å². The van der Waals surface area contributed by atoms with Gasteiger partial charge in [0.15, 0.2) is 0 Å². The molecular weight excluding hydrogens is 348 g/mol. The molecular formula is C24H16N2O2. The molecule has 0 spiro atoms. The Kier molecular flexibility index (Phi) is 3.87. The van der Waals surface area contributed by atoms with Crippen LogP contribution in [0.5, 0.6) is 0 Å². The quantitative estimate of drug-likeness (QED) is 0.279. The van der Waals surface area contributed by atoms with Crippen LogP contribution in [0.15, 0.2) is 100 Å². The highest BCUT2D eigenvalue weighted by molar-refractivity contribution is 6.23. The zero-order valence-electron chi connectivity index (χ0n) is 14.9. The summed E-state index contributed by atoms with van der Waals surface area (Å²) in [6.45, 7) is 0. The van der Waals surface area contributed by atoms with E-state index in [2.05, 4.69) is 58.5 Å². The van der Waals surface area contributed by atoms with Gasteiger partial charge in [-0.25, -0.2) is 9.78 Å². The minimum atomic E-state index is -0.302. The minimum absolute atomic E-state index is 0.302. The lowest BCUT2D eigenvalue weighted by atomic mass is 10.0. The molecule has 6 aromatic rings. The smallest absolute Gasteiger partial charge is 0.336 e. The van der Waals surface area contributed by atoms with Gasteiger partial charge in [-0.3, -0.25) is 0 Å². The standard InChI is InChI=1S/C15H10N2.C9H6O2/c1-3-7-12-10(5-1)11-6-2-4-8-13(11)15-14(12)16-9-17-15;10-9-6-5-7-3-1-2-4-8(7)11-9/h1-9H,(H,16,17);1-6H. The van der Waals surface area contributed by atoms with Gasteiger partial charge in [-0.05, 0) is 22.9 Å². The fourth-order valence-electron chi connectivity index (χ4n) is 3.58. The van der Waals surface area contributed by atoms with Crippen molar-refractivity contribution in [1.82, 2.24) is 9.97 Å². The molecule has 0 fully saturated rings. The molecule has 0 unspecified atom stereocenters. The molecule has 4 aromatic carbocycles. The van der Waals surface area contributed by atoms with Crippen LogP contribution in [0, 0.1) is 0 Å². The number of nitrogens with one attached hydrogen (secondary N) is 1. The summed E-state index contributed by atoms with van der Waals surface area (Å²) in [5.41, 5.74) is 2.52. The van der Waals surface area contributed by atoms with Gasteiger partial charge < -0.3 is 9.40 Å². The van der Waals surface area contributed by atoms with Crippen molar-refractivity contribution in [3.05, 3.63) is 102 Å². The third-order valence-corrected chi connectivity index (χ3v) is 4.84. The first-order chi connectivity index (χ1) is 13.8. The number of hydrogen-bond acceptors (Lipinski definition) is 3. The fraction of sp³-hybridized carbons (Fsp3) is 0. The van der Waals surface area contributed by atoms with Crippen molar-refractivity contribution in [2.45, 2.75) is 0 Å². The van der Waals surface area contributed by atoms with E-state index in [-0.39, 0.29) is 5.63 Å². The summed E-state index contributed by atoms with van der Waals surface area (Å²) in [4.78, 5) is 18.4. The lowest BCUT2D eigenvalue weighted by Gasteiger charge is -2.05. The summed E-state index contributed by atoms with van der Waals surface area (Å²) in [6.07, 6.45) is 1.77. The number of aromatic nitrogens is 2. The topological polar surface area (TPSA) is 58.9 Å². The second-order valence-corrected chi connectivity index (χ2v) is 6.51. The van der Waals surface area contributed by atoms with Crippen LogP contribution in [0.3, 0.4) is 0 Å². The first kappa shape index (κ1) is 16.3. The monoisotopic (exact) mass is 364 g/mol. The van der Waals surface area contributed by atoms with Crippen molar-refractivity contribution in [1.29, 1.82) is 0 Å². The maximum absolute atomic E-state index is 10.7. The predicted octanol–water partition coefficient (Wildman–Crippen LogP) is 5.66. The molecule has 0 aliphatic carbocycles. The normalized spacial score (nSPS) is 11.0. The summed E-state index contributed by atoms with van der Waals surface area (Å²) in [7, 11) is 0. The van der Waals surface area contributed by atoms with E-state index in [1.807, 2.05) is 18.2 Å². The molecule has 4 nitrogen and oxygen atoms in total. The molecule has 2 aromatic heterocycles. The zero-order valence-corrected chi connectivity index (χ0v) is 14.9. The molecule has 0 atom stereocenters. The number of para-hydroxylation sites is 1. The average molecular weight is 364 g/mol. The number of imidazole rings is 1. The van der Waals surface area contributed by atoms with E-state index in [0.29, 0.717) is 5.58 Å². The number of nitrogens with zero attached hydrogens (tertiary/aromatic N) is 1. The molecule has 0 bridgehead atoms. The van der Waals surface area contributed by atoms with E-state index in [1.165, 1.54) is 27.6 Å². The van der Waals surface area contributed by atoms with Crippen LogP contribution < -0.4 is 5.63 Å². The Morgan fingerprint density at radius 1 is 0.679 bits per heavy atom. The van der Waals surface area contributed by atoms with Gasteiger partial charge in [0.2, 0.25) is 0 Å². The largest absolute Gasteiger partial charge is 0.423 e. The summed E-state index contributed by atoms with van der Waals surface area (Å²) in [5.74, 6) is 0. The number of fused-ring (bicyclic) bond motifs is 7. The molecule has 1 N–H and O–H groups in total. The Bertz CT molecular complexity index is 1430. The van der Waals surface area contributed by atoms with E-state index in [9.17, 15) is 4.79 Å². The lowest BCUT2D eigenvalue weighted by Crippen LogP contribution is -1.93. The van der Waals surface area contributed by atoms with Gasteiger partial charge in [-0.15, -0.1) is 0 Å². The Hall–Kier alpha value is -3.92. The highest BCUT2D eigenvalue weighted by Crippen LogP contribution is 2.32. The summed E-state index contributed by atoms with van der Waals surface area (Å²) < 4.78 is 4.91. The van der Waals surface area contributed by atoms with E-state index in [1.54, 1.807) is 18.5 Å². The number of benzene rings is 4. The molecule has 134 valence electrons. The molecule has 28 heavy (non-hydrogen) atoms. The van der Waals surface area contributed by atoms with Crippen LogP contribution in [-0.4, -0.2) is 9.97 Å². The molecule has 4 heteroatoms. The predicted molar refractivity (Wildman–Crippen MR) is 114 cm³/mol. The van der Waals surface area contributed by atoms with E-state index in [4.69, 9.17) is 4.42 Å². The Labute approximate surface area is 160 Å². The summed E-state index contributed by atoms with van der Waals surface area (Å²) in [5, 5.41) is 5.94. The molecule has 0 aliphatic rings. The van der Waals surface area contributed by atoms with E-state index in [0.717, 1.165) is 16.4 Å². The third kappa shape index (κ3) is 2.72. The van der Waals surface area contributed by atoms with Crippen molar-refractivity contribution < 1.29 is 4.42 Å². The van der Waals surface area contributed by atoms with Crippen molar-refractivity contribution in [3.63, 3.8) is 0 Å². The SMILES string of the molecule is O=c1ccc2ccccc2o1.c1ccc2c(c1)c1ccccc1c1[nH]cnc21. The Morgan fingerprint density at radius 3 is 2.14 bits per heavy atom. The number of aromatic amines is 1. The molecule has 0 amide bonds. The second kappa shape index (κ2) is 6.67. The van der Waals surface area contributed by atoms with Gasteiger partial charge in [0.05, 0.1) is 17.4 Å². The van der Waals surface area contributed by atoms with Crippen LogP contribution in [0.2, 0.25) is 0 Å². The minimum Gasteiger partial charge on any atom is -0.423 e. The first-order valence-electron chi connectivity index (χ1n) is 9.03. The van der Waals surface area contributed by atoms with Gasteiger partial charge in [0.1, 0.15) is 5.58 Å². The van der Waals surface area contributed by atoms with Crippen LogP contribution in [0.1, 0.15) is 0 Å². The molecule has 2 heterocycles. The van der Waals surface area contributed by atoms with Gasteiger partial charge in [0.25, 0.3) is 0 Å². The van der Waals surface area contributed by atoms with Gasteiger partial charge in [-0.1, -0.05) is 66.7 Å². The first-order valence-corrected chi connectivity index (χ1v) is 9.03. The zero-order chi connectivity index (χ0) is 18.9. The van der Waals surface area contributed by atoms with E-state index < -0.39 is 0 Å². The maximum atomic E-state index is 10.7. The van der Waals surface area contributed by atoms with E-state index >= 15 is 0 Å². The molecule has 0 radical (unpaired) electrons. The number of rotatable bonds is 0. The summed E-state index contributed by atoms with van der Waals surface area (Å²) in [6, 6.07) is 27.5. The van der Waals surface area contributed by atoms with Crippen LogP contribution >= 0.6 is 0 Å².